The van der Waals surface area contributed by atoms with Gasteiger partial charge >= 0.3 is 6.18 Å². The second-order valence-corrected chi connectivity index (χ2v) is 5.50. The number of halogens is 3. The Morgan fingerprint density at radius 2 is 1.76 bits per heavy atom. The van der Waals surface area contributed by atoms with E-state index in [-0.39, 0.29) is 18.0 Å². The molecule has 1 amide bonds. The number of anilines is 2. The molecule has 7 heteroatoms. The van der Waals surface area contributed by atoms with Crippen molar-refractivity contribution in [1.29, 1.82) is 0 Å². The van der Waals surface area contributed by atoms with Crippen molar-refractivity contribution in [3.05, 3.63) is 59.7 Å². The zero-order valence-corrected chi connectivity index (χ0v) is 13.8. The van der Waals surface area contributed by atoms with Gasteiger partial charge in [0.05, 0.1) is 16.9 Å². The summed E-state index contributed by atoms with van der Waals surface area (Å²) >= 11 is 0. The van der Waals surface area contributed by atoms with Crippen LogP contribution < -0.4 is 16.0 Å². The van der Waals surface area contributed by atoms with E-state index in [1.165, 1.54) is 6.07 Å². The molecule has 0 aliphatic carbocycles. The summed E-state index contributed by atoms with van der Waals surface area (Å²) < 4.78 is 38.8. The molecule has 3 N–H and O–H groups in total. The quantitative estimate of drug-likeness (QED) is 0.710. The molecule has 2 rings (SSSR count). The highest BCUT2D eigenvalue weighted by Gasteiger charge is 2.31. The molecular weight excluding hydrogens is 331 g/mol. The standard InChI is InChI=1S/C18H20F3N3O/c1-22-10-9-17(25)24-16-11-14(18(19,20)21)7-8-15(16)23-12-13-5-3-2-4-6-13/h2-8,11,22-23H,9-10,12H2,1H3,(H,24,25). The Morgan fingerprint density at radius 3 is 2.40 bits per heavy atom. The minimum absolute atomic E-state index is 0.117. The van der Waals surface area contributed by atoms with Gasteiger partial charge in [-0.1, -0.05) is 30.3 Å². The van der Waals surface area contributed by atoms with Crippen molar-refractivity contribution in [1.82, 2.24) is 5.32 Å². The third-order valence-electron chi connectivity index (χ3n) is 3.55. The molecule has 0 unspecified atom stereocenters. The first-order valence-corrected chi connectivity index (χ1v) is 7.83. The number of carbonyl (C=O) groups excluding carboxylic acids is 1. The fraction of sp³-hybridized carbons (Fsp3) is 0.278. The number of alkyl halides is 3. The second-order valence-electron chi connectivity index (χ2n) is 5.50. The summed E-state index contributed by atoms with van der Waals surface area (Å²) in [5, 5.41) is 8.45. The van der Waals surface area contributed by atoms with Gasteiger partial charge in [0.25, 0.3) is 0 Å². The van der Waals surface area contributed by atoms with Gasteiger partial charge in [0, 0.05) is 19.5 Å². The molecule has 2 aromatic carbocycles. The van der Waals surface area contributed by atoms with Crippen LogP contribution in [-0.4, -0.2) is 19.5 Å². The average molecular weight is 351 g/mol. The van der Waals surface area contributed by atoms with Gasteiger partial charge in [0.2, 0.25) is 5.91 Å². The van der Waals surface area contributed by atoms with Crippen LogP contribution in [0.15, 0.2) is 48.5 Å². The van der Waals surface area contributed by atoms with E-state index in [1.54, 1.807) is 7.05 Å². The van der Waals surface area contributed by atoms with E-state index < -0.39 is 11.7 Å². The summed E-state index contributed by atoms with van der Waals surface area (Å²) in [6, 6.07) is 12.7. The average Bonchev–Trinajstić information content (AvgIpc) is 2.59. The highest BCUT2D eigenvalue weighted by molar-refractivity contribution is 5.94. The molecule has 0 spiro atoms. The smallest absolute Gasteiger partial charge is 0.379 e. The first kappa shape index (κ1) is 18.8. The summed E-state index contributed by atoms with van der Waals surface area (Å²) in [6.45, 7) is 0.878. The van der Waals surface area contributed by atoms with Crippen LogP contribution in [0.2, 0.25) is 0 Å². The Balaban J connectivity index is 2.19. The molecule has 25 heavy (non-hydrogen) atoms. The van der Waals surface area contributed by atoms with E-state index >= 15 is 0 Å². The second kappa shape index (κ2) is 8.53. The van der Waals surface area contributed by atoms with Gasteiger partial charge in [-0.25, -0.2) is 0 Å². The van der Waals surface area contributed by atoms with Gasteiger partial charge in [0.1, 0.15) is 0 Å². The van der Waals surface area contributed by atoms with Gasteiger partial charge in [-0.3, -0.25) is 4.79 Å². The number of nitrogens with one attached hydrogen (secondary N) is 3. The molecule has 2 aromatic rings. The van der Waals surface area contributed by atoms with Crippen LogP contribution >= 0.6 is 0 Å². The van der Waals surface area contributed by atoms with Crippen LogP contribution in [0, 0.1) is 0 Å². The van der Waals surface area contributed by atoms with Crippen molar-refractivity contribution in [3.8, 4) is 0 Å². The lowest BCUT2D eigenvalue weighted by Gasteiger charge is -2.16. The summed E-state index contributed by atoms with van der Waals surface area (Å²) in [4.78, 5) is 11.9. The van der Waals surface area contributed by atoms with Crippen molar-refractivity contribution in [2.24, 2.45) is 0 Å². The minimum Gasteiger partial charge on any atom is -0.379 e. The highest BCUT2D eigenvalue weighted by atomic mass is 19.4. The molecule has 0 heterocycles. The molecule has 0 radical (unpaired) electrons. The molecule has 0 fully saturated rings. The Hall–Kier alpha value is -2.54. The maximum absolute atomic E-state index is 12.9. The van der Waals surface area contributed by atoms with E-state index in [9.17, 15) is 18.0 Å². The van der Waals surface area contributed by atoms with Crippen LogP contribution in [-0.2, 0) is 17.5 Å². The van der Waals surface area contributed by atoms with Crippen LogP contribution in [0.25, 0.3) is 0 Å². The van der Waals surface area contributed by atoms with E-state index in [1.807, 2.05) is 30.3 Å². The molecule has 0 bridgehead atoms. The Bertz CT molecular complexity index is 702. The van der Waals surface area contributed by atoms with Gasteiger partial charge in [-0.2, -0.15) is 13.2 Å². The maximum atomic E-state index is 12.9. The molecule has 4 nitrogen and oxygen atoms in total. The predicted octanol–water partition coefficient (Wildman–Crippen LogP) is 3.87. The van der Waals surface area contributed by atoms with E-state index in [0.717, 1.165) is 17.7 Å². The van der Waals surface area contributed by atoms with Gasteiger partial charge < -0.3 is 16.0 Å². The molecule has 134 valence electrons. The topological polar surface area (TPSA) is 53.2 Å². The van der Waals surface area contributed by atoms with Crippen LogP contribution in [0.4, 0.5) is 24.5 Å². The van der Waals surface area contributed by atoms with Crippen LogP contribution in [0.3, 0.4) is 0 Å². The first-order chi connectivity index (χ1) is 11.9. The monoisotopic (exact) mass is 351 g/mol. The van der Waals surface area contributed by atoms with Gasteiger partial charge in [-0.05, 0) is 30.8 Å². The summed E-state index contributed by atoms with van der Waals surface area (Å²) in [6.07, 6.45) is -4.30. The summed E-state index contributed by atoms with van der Waals surface area (Å²) in [7, 11) is 1.70. The van der Waals surface area contributed by atoms with Crippen LogP contribution in [0.1, 0.15) is 17.5 Å². The van der Waals surface area contributed by atoms with Crippen LogP contribution in [0.5, 0.6) is 0 Å². The van der Waals surface area contributed by atoms with Crippen molar-refractivity contribution >= 4 is 17.3 Å². The number of rotatable bonds is 7. The zero-order chi connectivity index (χ0) is 18.3. The number of hydrogen-bond donors (Lipinski definition) is 3. The number of hydrogen-bond acceptors (Lipinski definition) is 3. The van der Waals surface area contributed by atoms with Crippen molar-refractivity contribution in [2.45, 2.75) is 19.1 Å². The fourth-order valence-electron chi connectivity index (χ4n) is 2.22. The molecule has 0 atom stereocenters. The largest absolute Gasteiger partial charge is 0.416 e. The Morgan fingerprint density at radius 1 is 1.04 bits per heavy atom. The number of carbonyl (C=O) groups is 1. The minimum atomic E-state index is -4.47. The lowest BCUT2D eigenvalue weighted by Crippen LogP contribution is -2.20. The zero-order valence-electron chi connectivity index (χ0n) is 13.8. The highest BCUT2D eigenvalue weighted by Crippen LogP contribution is 2.34. The summed E-state index contributed by atoms with van der Waals surface area (Å²) in [5.74, 6) is -0.351. The number of amides is 1. The van der Waals surface area contributed by atoms with Gasteiger partial charge in [-0.15, -0.1) is 0 Å². The van der Waals surface area contributed by atoms with E-state index in [2.05, 4.69) is 16.0 Å². The molecular formula is C18H20F3N3O. The maximum Gasteiger partial charge on any atom is 0.416 e. The van der Waals surface area contributed by atoms with Crippen molar-refractivity contribution in [2.75, 3.05) is 24.2 Å². The van der Waals surface area contributed by atoms with E-state index in [4.69, 9.17) is 0 Å². The Labute approximate surface area is 144 Å². The molecule has 0 aromatic heterocycles. The van der Waals surface area contributed by atoms with Crippen molar-refractivity contribution in [3.63, 3.8) is 0 Å². The fourth-order valence-corrected chi connectivity index (χ4v) is 2.22. The Kier molecular flexibility index (Phi) is 6.41. The first-order valence-electron chi connectivity index (χ1n) is 7.83. The molecule has 0 aliphatic heterocycles. The third kappa shape index (κ3) is 5.79. The SMILES string of the molecule is CNCCC(=O)Nc1cc(C(F)(F)F)ccc1NCc1ccccc1. The number of benzene rings is 2. The van der Waals surface area contributed by atoms with Crippen molar-refractivity contribution < 1.29 is 18.0 Å². The summed E-state index contributed by atoms with van der Waals surface area (Å²) in [5.41, 5.74) is 0.734. The third-order valence-corrected chi connectivity index (χ3v) is 3.55. The molecule has 0 saturated heterocycles. The predicted molar refractivity (Wildman–Crippen MR) is 92.4 cm³/mol. The van der Waals surface area contributed by atoms with Gasteiger partial charge in [0.15, 0.2) is 0 Å². The lowest BCUT2D eigenvalue weighted by molar-refractivity contribution is -0.137. The van der Waals surface area contributed by atoms with E-state index in [0.29, 0.717) is 18.8 Å². The molecule has 0 saturated carbocycles. The molecule has 0 aliphatic rings. The normalized spacial score (nSPS) is 11.2. The lowest BCUT2D eigenvalue weighted by atomic mass is 10.1.